The third-order valence-electron chi connectivity index (χ3n) is 3.67. The first kappa shape index (κ1) is 15.1. The van der Waals surface area contributed by atoms with Crippen LogP contribution in [0, 0.1) is 13.8 Å². The number of carboxylic acid groups (broad SMARTS) is 1. The van der Waals surface area contributed by atoms with Crippen LogP contribution in [0.25, 0.3) is 0 Å². The summed E-state index contributed by atoms with van der Waals surface area (Å²) >= 11 is 0. The Balaban J connectivity index is 2.03. The van der Waals surface area contributed by atoms with Crippen LogP contribution < -0.4 is 5.32 Å². The SMILES string of the molecule is Cc1cccc(C)c1CNc1cccc(CCC(=O)O)c1. The average molecular weight is 283 g/mol. The molecule has 0 saturated heterocycles. The van der Waals surface area contributed by atoms with Crippen molar-refractivity contribution in [3.05, 3.63) is 64.7 Å². The molecule has 3 heteroatoms. The van der Waals surface area contributed by atoms with Gasteiger partial charge < -0.3 is 10.4 Å². The molecule has 21 heavy (non-hydrogen) atoms. The fourth-order valence-corrected chi connectivity index (χ4v) is 2.41. The molecule has 2 N–H and O–H groups in total. The normalized spacial score (nSPS) is 10.4. The molecule has 2 aromatic rings. The monoisotopic (exact) mass is 283 g/mol. The molecule has 0 aromatic heterocycles. The molecular formula is C18H21NO2. The van der Waals surface area contributed by atoms with Crippen LogP contribution in [-0.4, -0.2) is 11.1 Å². The second-order valence-corrected chi connectivity index (χ2v) is 5.32. The van der Waals surface area contributed by atoms with E-state index in [0.29, 0.717) is 6.42 Å². The molecule has 0 heterocycles. The number of rotatable bonds is 6. The summed E-state index contributed by atoms with van der Waals surface area (Å²) in [5.74, 6) is -0.760. The molecule has 2 aromatic carbocycles. The van der Waals surface area contributed by atoms with Crippen molar-refractivity contribution >= 4 is 11.7 Å². The number of aliphatic carboxylic acids is 1. The molecule has 0 fully saturated rings. The van der Waals surface area contributed by atoms with Crippen LogP contribution in [0.4, 0.5) is 5.69 Å². The summed E-state index contributed by atoms with van der Waals surface area (Å²) in [7, 11) is 0. The smallest absolute Gasteiger partial charge is 0.303 e. The molecule has 110 valence electrons. The van der Waals surface area contributed by atoms with Gasteiger partial charge >= 0.3 is 5.97 Å². The maximum absolute atomic E-state index is 10.6. The minimum Gasteiger partial charge on any atom is -0.481 e. The zero-order valence-corrected chi connectivity index (χ0v) is 12.5. The molecule has 0 aliphatic heterocycles. The topological polar surface area (TPSA) is 49.3 Å². The first-order chi connectivity index (χ1) is 10.1. The summed E-state index contributed by atoms with van der Waals surface area (Å²) in [4.78, 5) is 10.6. The standard InChI is InChI=1S/C18H21NO2/c1-13-5-3-6-14(2)17(13)12-19-16-8-4-7-15(11-16)9-10-18(20)21/h3-8,11,19H,9-10,12H2,1-2H3,(H,20,21). The van der Waals surface area contributed by atoms with Gasteiger partial charge in [0.25, 0.3) is 0 Å². The largest absolute Gasteiger partial charge is 0.481 e. The third kappa shape index (κ3) is 4.35. The molecule has 3 nitrogen and oxygen atoms in total. The molecular weight excluding hydrogens is 262 g/mol. The van der Waals surface area contributed by atoms with Gasteiger partial charge in [0.15, 0.2) is 0 Å². The number of hydrogen-bond donors (Lipinski definition) is 2. The Labute approximate surface area is 125 Å². The Morgan fingerprint density at radius 1 is 1.10 bits per heavy atom. The molecule has 0 saturated carbocycles. The predicted molar refractivity (Wildman–Crippen MR) is 85.6 cm³/mol. The van der Waals surface area contributed by atoms with Crippen LogP contribution in [0.15, 0.2) is 42.5 Å². The van der Waals surface area contributed by atoms with Gasteiger partial charge in [0.2, 0.25) is 0 Å². The summed E-state index contributed by atoms with van der Waals surface area (Å²) in [6, 6.07) is 14.3. The van der Waals surface area contributed by atoms with E-state index in [2.05, 4.69) is 37.4 Å². The van der Waals surface area contributed by atoms with E-state index in [4.69, 9.17) is 5.11 Å². The van der Waals surface area contributed by atoms with Gasteiger partial charge in [-0.05, 0) is 54.7 Å². The lowest BCUT2D eigenvalue weighted by Gasteiger charge is -2.12. The molecule has 0 aliphatic rings. The average Bonchev–Trinajstić information content (AvgIpc) is 2.45. The minimum absolute atomic E-state index is 0.167. The highest BCUT2D eigenvalue weighted by molar-refractivity contribution is 5.67. The van der Waals surface area contributed by atoms with Crippen molar-refractivity contribution < 1.29 is 9.90 Å². The molecule has 0 bridgehead atoms. The molecule has 0 amide bonds. The fourth-order valence-electron chi connectivity index (χ4n) is 2.41. The highest BCUT2D eigenvalue weighted by Gasteiger charge is 2.03. The minimum atomic E-state index is -0.760. The number of carbonyl (C=O) groups is 1. The van der Waals surface area contributed by atoms with Gasteiger partial charge in [-0.15, -0.1) is 0 Å². The number of benzene rings is 2. The number of nitrogens with one attached hydrogen (secondary N) is 1. The molecule has 0 spiro atoms. The maximum Gasteiger partial charge on any atom is 0.303 e. The number of carboxylic acids is 1. The summed E-state index contributed by atoms with van der Waals surface area (Å²) in [5, 5.41) is 12.2. The van der Waals surface area contributed by atoms with Crippen LogP contribution in [0.2, 0.25) is 0 Å². The Bertz CT molecular complexity index is 615. The Morgan fingerprint density at radius 2 is 1.76 bits per heavy atom. The van der Waals surface area contributed by atoms with Gasteiger partial charge in [0.1, 0.15) is 0 Å². The van der Waals surface area contributed by atoms with Gasteiger partial charge in [-0.25, -0.2) is 0 Å². The van der Waals surface area contributed by atoms with Gasteiger partial charge in [-0.1, -0.05) is 30.3 Å². The van der Waals surface area contributed by atoms with Crippen LogP contribution in [-0.2, 0) is 17.8 Å². The first-order valence-corrected chi connectivity index (χ1v) is 7.16. The highest BCUT2D eigenvalue weighted by atomic mass is 16.4. The second kappa shape index (κ2) is 6.93. The van der Waals surface area contributed by atoms with E-state index in [9.17, 15) is 4.79 Å². The van der Waals surface area contributed by atoms with E-state index in [0.717, 1.165) is 17.8 Å². The van der Waals surface area contributed by atoms with Gasteiger partial charge in [0.05, 0.1) is 0 Å². The van der Waals surface area contributed by atoms with E-state index in [-0.39, 0.29) is 6.42 Å². The first-order valence-electron chi connectivity index (χ1n) is 7.16. The summed E-state index contributed by atoms with van der Waals surface area (Å²) in [5.41, 5.74) is 5.95. The molecule has 0 atom stereocenters. The lowest BCUT2D eigenvalue weighted by molar-refractivity contribution is -0.136. The van der Waals surface area contributed by atoms with Crippen molar-refractivity contribution in [1.29, 1.82) is 0 Å². The van der Waals surface area contributed by atoms with E-state index in [1.165, 1.54) is 16.7 Å². The van der Waals surface area contributed by atoms with Crippen molar-refractivity contribution in [3.8, 4) is 0 Å². The van der Waals surface area contributed by atoms with Crippen LogP contribution in [0.5, 0.6) is 0 Å². The Morgan fingerprint density at radius 3 is 2.43 bits per heavy atom. The fraction of sp³-hybridized carbons (Fsp3) is 0.278. The number of aryl methyl sites for hydroxylation is 3. The van der Waals surface area contributed by atoms with E-state index < -0.39 is 5.97 Å². The van der Waals surface area contributed by atoms with Gasteiger partial charge in [0, 0.05) is 18.7 Å². The van der Waals surface area contributed by atoms with Crippen molar-refractivity contribution in [2.24, 2.45) is 0 Å². The molecule has 0 unspecified atom stereocenters. The van der Waals surface area contributed by atoms with Crippen LogP contribution in [0.3, 0.4) is 0 Å². The quantitative estimate of drug-likeness (QED) is 0.844. The van der Waals surface area contributed by atoms with Gasteiger partial charge in [-0.3, -0.25) is 4.79 Å². The second-order valence-electron chi connectivity index (χ2n) is 5.32. The van der Waals surface area contributed by atoms with Crippen molar-refractivity contribution in [3.63, 3.8) is 0 Å². The zero-order valence-electron chi connectivity index (χ0n) is 12.5. The Kier molecular flexibility index (Phi) is 4.99. The van der Waals surface area contributed by atoms with Crippen molar-refractivity contribution in [1.82, 2.24) is 0 Å². The number of hydrogen-bond acceptors (Lipinski definition) is 2. The zero-order chi connectivity index (χ0) is 15.2. The Hall–Kier alpha value is -2.29. The molecule has 0 aliphatic carbocycles. The summed E-state index contributed by atoms with van der Waals surface area (Å²) in [6.45, 7) is 5.02. The van der Waals surface area contributed by atoms with E-state index in [1.54, 1.807) is 0 Å². The number of anilines is 1. The molecule has 0 radical (unpaired) electrons. The van der Waals surface area contributed by atoms with E-state index in [1.807, 2.05) is 24.3 Å². The van der Waals surface area contributed by atoms with Crippen molar-refractivity contribution in [2.45, 2.75) is 33.2 Å². The van der Waals surface area contributed by atoms with Crippen LogP contribution >= 0.6 is 0 Å². The lowest BCUT2D eigenvalue weighted by Crippen LogP contribution is -2.04. The van der Waals surface area contributed by atoms with E-state index >= 15 is 0 Å². The lowest BCUT2D eigenvalue weighted by atomic mass is 10.0. The molecule has 2 rings (SSSR count). The summed E-state index contributed by atoms with van der Waals surface area (Å²) < 4.78 is 0. The van der Waals surface area contributed by atoms with Crippen molar-refractivity contribution in [2.75, 3.05) is 5.32 Å². The summed E-state index contributed by atoms with van der Waals surface area (Å²) in [6.07, 6.45) is 0.731. The predicted octanol–water partition coefficient (Wildman–Crippen LogP) is 3.93. The highest BCUT2D eigenvalue weighted by Crippen LogP contribution is 2.17. The van der Waals surface area contributed by atoms with Crippen LogP contribution in [0.1, 0.15) is 28.7 Å². The third-order valence-corrected chi connectivity index (χ3v) is 3.67. The maximum atomic E-state index is 10.6. The van der Waals surface area contributed by atoms with Gasteiger partial charge in [-0.2, -0.15) is 0 Å².